The summed E-state index contributed by atoms with van der Waals surface area (Å²) in [5, 5.41) is 16.6. The Morgan fingerprint density at radius 3 is 2.83 bits per heavy atom. The first-order chi connectivity index (χ1) is 8.49. The predicted molar refractivity (Wildman–Crippen MR) is 68.7 cm³/mol. The number of aliphatic carboxylic acids is 1. The molecule has 3 N–H and O–H groups in total. The molecular weight excluding hydrogens is 254 g/mol. The Morgan fingerprint density at radius 2 is 2.28 bits per heavy atom. The largest absolute Gasteiger partial charge is 0.481 e. The molecule has 0 saturated carbocycles. The molecule has 7 heteroatoms. The third-order valence-electron chi connectivity index (χ3n) is 2.21. The van der Waals surface area contributed by atoms with Crippen LogP contribution in [0.4, 0.5) is 4.79 Å². The molecule has 0 aliphatic heterocycles. The van der Waals surface area contributed by atoms with Crippen LogP contribution >= 0.6 is 11.3 Å². The first-order valence-corrected chi connectivity index (χ1v) is 6.55. The summed E-state index contributed by atoms with van der Waals surface area (Å²) in [7, 11) is 0. The minimum absolute atomic E-state index is 0.0571. The average molecular weight is 271 g/mol. The zero-order valence-electron chi connectivity index (χ0n) is 10.4. The van der Waals surface area contributed by atoms with E-state index in [1.165, 1.54) is 11.3 Å². The van der Waals surface area contributed by atoms with Gasteiger partial charge in [0.2, 0.25) is 0 Å². The smallest absolute Gasteiger partial charge is 0.315 e. The first-order valence-electron chi connectivity index (χ1n) is 5.67. The number of urea groups is 1. The number of nitrogens with zero attached hydrogens (tertiary/aromatic N) is 1. The minimum Gasteiger partial charge on any atom is -0.481 e. The van der Waals surface area contributed by atoms with Gasteiger partial charge >= 0.3 is 12.0 Å². The summed E-state index contributed by atoms with van der Waals surface area (Å²) < 4.78 is 0. The number of aromatic nitrogens is 1. The topological polar surface area (TPSA) is 91.3 Å². The van der Waals surface area contributed by atoms with Crippen molar-refractivity contribution >= 4 is 23.3 Å². The van der Waals surface area contributed by atoms with Crippen molar-refractivity contribution in [3.8, 4) is 0 Å². The summed E-state index contributed by atoms with van der Waals surface area (Å²) in [5.41, 5.74) is 0.936. The molecule has 1 rings (SSSR count). The molecule has 1 aromatic heterocycles. The van der Waals surface area contributed by atoms with Crippen molar-refractivity contribution in [2.45, 2.75) is 32.7 Å². The van der Waals surface area contributed by atoms with Crippen LogP contribution in [-0.4, -0.2) is 28.6 Å². The summed E-state index contributed by atoms with van der Waals surface area (Å²) >= 11 is 1.50. The van der Waals surface area contributed by atoms with Crippen LogP contribution in [0.2, 0.25) is 0 Å². The van der Waals surface area contributed by atoms with Crippen LogP contribution in [0.25, 0.3) is 0 Å². The normalized spacial score (nSPS) is 11.9. The number of carbonyl (C=O) groups is 2. The van der Waals surface area contributed by atoms with E-state index in [4.69, 9.17) is 5.11 Å². The van der Waals surface area contributed by atoms with Crippen molar-refractivity contribution in [3.63, 3.8) is 0 Å². The van der Waals surface area contributed by atoms with Crippen molar-refractivity contribution in [1.82, 2.24) is 15.6 Å². The third kappa shape index (κ3) is 5.13. The number of aryl methyl sites for hydroxylation is 1. The van der Waals surface area contributed by atoms with Gasteiger partial charge in [0.1, 0.15) is 5.01 Å². The van der Waals surface area contributed by atoms with Gasteiger partial charge in [-0.3, -0.25) is 4.79 Å². The van der Waals surface area contributed by atoms with Crippen LogP contribution in [0.15, 0.2) is 5.38 Å². The molecule has 2 amide bonds. The van der Waals surface area contributed by atoms with E-state index in [1.54, 1.807) is 0 Å². The van der Waals surface area contributed by atoms with Crippen molar-refractivity contribution < 1.29 is 14.7 Å². The van der Waals surface area contributed by atoms with E-state index in [1.807, 2.05) is 19.2 Å². The highest BCUT2D eigenvalue weighted by atomic mass is 32.1. The number of carboxylic acids is 1. The van der Waals surface area contributed by atoms with Crippen LogP contribution in [-0.2, 0) is 4.79 Å². The molecule has 1 heterocycles. The highest BCUT2D eigenvalue weighted by molar-refractivity contribution is 7.09. The summed E-state index contributed by atoms with van der Waals surface area (Å²) in [6, 6.07) is -0.455. The fourth-order valence-corrected chi connectivity index (χ4v) is 2.13. The Kier molecular flexibility index (Phi) is 5.57. The molecular formula is C11H17N3O3S. The van der Waals surface area contributed by atoms with Crippen molar-refractivity contribution in [1.29, 1.82) is 0 Å². The molecule has 0 bridgehead atoms. The summed E-state index contributed by atoms with van der Waals surface area (Å²) in [6.07, 6.45) is 0.481. The Hall–Kier alpha value is -1.63. The standard InChI is InChI=1S/C11H17N3O3S/c1-7-6-18-10(13-7)8(2)14-11(17)12-5-3-4-9(15)16/h6,8H,3-5H2,1-2H3,(H,15,16)(H2,12,14,17). The summed E-state index contributed by atoms with van der Waals surface area (Å²) in [6.45, 7) is 4.11. The molecule has 0 fully saturated rings. The number of hydrogen-bond donors (Lipinski definition) is 3. The molecule has 0 aromatic carbocycles. The van der Waals surface area contributed by atoms with Crippen LogP contribution in [0, 0.1) is 6.92 Å². The number of thiazole rings is 1. The minimum atomic E-state index is -0.858. The van der Waals surface area contributed by atoms with E-state index in [0.717, 1.165) is 10.7 Å². The van der Waals surface area contributed by atoms with Gasteiger partial charge in [-0.25, -0.2) is 9.78 Å². The quantitative estimate of drug-likeness (QED) is 0.686. The van der Waals surface area contributed by atoms with Crippen molar-refractivity contribution in [2.24, 2.45) is 0 Å². The van der Waals surface area contributed by atoms with Crippen molar-refractivity contribution in [3.05, 3.63) is 16.1 Å². The van der Waals surface area contributed by atoms with Gasteiger partial charge < -0.3 is 15.7 Å². The van der Waals surface area contributed by atoms with Gasteiger partial charge in [0.15, 0.2) is 0 Å². The Labute approximate surface area is 109 Å². The number of amides is 2. The van der Waals surface area contributed by atoms with Gasteiger partial charge in [-0.2, -0.15) is 0 Å². The molecule has 0 radical (unpaired) electrons. The first kappa shape index (κ1) is 14.4. The lowest BCUT2D eigenvalue weighted by Gasteiger charge is -2.12. The Balaban J connectivity index is 2.25. The lowest BCUT2D eigenvalue weighted by atomic mass is 10.3. The molecule has 0 aliphatic rings. The van der Waals surface area contributed by atoms with E-state index in [9.17, 15) is 9.59 Å². The maximum Gasteiger partial charge on any atom is 0.315 e. The fourth-order valence-electron chi connectivity index (χ4n) is 1.32. The number of carbonyl (C=O) groups excluding carboxylic acids is 1. The van der Waals surface area contributed by atoms with Gasteiger partial charge in [0.05, 0.1) is 6.04 Å². The van der Waals surface area contributed by atoms with Crippen molar-refractivity contribution in [2.75, 3.05) is 6.54 Å². The van der Waals surface area contributed by atoms with Crippen LogP contribution in [0.1, 0.15) is 36.5 Å². The summed E-state index contributed by atoms with van der Waals surface area (Å²) in [5.74, 6) is -0.858. The van der Waals surface area contributed by atoms with Crippen LogP contribution in [0.5, 0.6) is 0 Å². The van der Waals surface area contributed by atoms with Gasteiger partial charge in [0.25, 0.3) is 0 Å². The van der Waals surface area contributed by atoms with Gasteiger partial charge in [-0.05, 0) is 20.3 Å². The molecule has 1 aromatic rings. The zero-order chi connectivity index (χ0) is 13.5. The lowest BCUT2D eigenvalue weighted by Crippen LogP contribution is -2.37. The maximum atomic E-state index is 11.5. The second-order valence-electron chi connectivity index (χ2n) is 3.95. The molecule has 0 spiro atoms. The zero-order valence-corrected chi connectivity index (χ0v) is 11.2. The molecule has 0 saturated heterocycles. The molecule has 1 atom stereocenters. The van der Waals surface area contributed by atoms with E-state index in [-0.39, 0.29) is 18.5 Å². The monoisotopic (exact) mass is 271 g/mol. The Morgan fingerprint density at radius 1 is 1.56 bits per heavy atom. The third-order valence-corrected chi connectivity index (χ3v) is 3.35. The van der Waals surface area contributed by atoms with Gasteiger partial charge in [-0.1, -0.05) is 0 Å². The van der Waals surface area contributed by atoms with Crippen LogP contribution < -0.4 is 10.6 Å². The summed E-state index contributed by atoms with van der Waals surface area (Å²) in [4.78, 5) is 26.0. The number of carboxylic acid groups (broad SMARTS) is 1. The fraction of sp³-hybridized carbons (Fsp3) is 0.545. The van der Waals surface area contributed by atoms with E-state index >= 15 is 0 Å². The highest BCUT2D eigenvalue weighted by Crippen LogP contribution is 2.16. The molecule has 0 aliphatic carbocycles. The predicted octanol–water partition coefficient (Wildman–Crippen LogP) is 1.68. The average Bonchev–Trinajstić information content (AvgIpc) is 2.71. The second kappa shape index (κ2) is 6.95. The van der Waals surface area contributed by atoms with Gasteiger partial charge in [0, 0.05) is 24.0 Å². The SMILES string of the molecule is Cc1csc(C(C)NC(=O)NCCCC(=O)O)n1. The molecule has 1 unspecified atom stereocenters. The highest BCUT2D eigenvalue weighted by Gasteiger charge is 2.12. The van der Waals surface area contributed by atoms with E-state index in [2.05, 4.69) is 15.6 Å². The number of rotatable bonds is 6. The molecule has 6 nitrogen and oxygen atoms in total. The molecule has 100 valence electrons. The molecule has 18 heavy (non-hydrogen) atoms. The lowest BCUT2D eigenvalue weighted by molar-refractivity contribution is -0.137. The Bertz CT molecular complexity index is 419. The number of hydrogen-bond acceptors (Lipinski definition) is 4. The maximum absolute atomic E-state index is 11.5. The van der Waals surface area contributed by atoms with E-state index in [0.29, 0.717) is 13.0 Å². The van der Waals surface area contributed by atoms with Crippen LogP contribution in [0.3, 0.4) is 0 Å². The number of nitrogens with one attached hydrogen (secondary N) is 2. The van der Waals surface area contributed by atoms with Gasteiger partial charge in [-0.15, -0.1) is 11.3 Å². The second-order valence-corrected chi connectivity index (χ2v) is 4.84. The van der Waals surface area contributed by atoms with E-state index < -0.39 is 5.97 Å².